The predicted molar refractivity (Wildman–Crippen MR) is 86.6 cm³/mol. The molecule has 2 amide bonds. The molecule has 0 aromatic rings. The zero-order valence-corrected chi connectivity index (χ0v) is 14.5. The maximum atomic E-state index is 12.4. The summed E-state index contributed by atoms with van der Waals surface area (Å²) in [5.74, 6) is 0.356. The summed E-state index contributed by atoms with van der Waals surface area (Å²) in [7, 11) is 0. The molecular formula is C16H30N4O2. The molecule has 2 saturated heterocycles. The molecule has 2 fully saturated rings. The van der Waals surface area contributed by atoms with Crippen LogP contribution < -0.4 is 0 Å². The third-order valence-electron chi connectivity index (χ3n) is 4.76. The van der Waals surface area contributed by atoms with E-state index in [1.165, 1.54) is 0 Å². The van der Waals surface area contributed by atoms with Crippen LogP contribution in [0.4, 0.5) is 0 Å². The highest BCUT2D eigenvalue weighted by Crippen LogP contribution is 2.16. The van der Waals surface area contributed by atoms with E-state index in [2.05, 4.69) is 30.6 Å². The van der Waals surface area contributed by atoms with Crippen LogP contribution in [0.2, 0.25) is 0 Å². The quantitative estimate of drug-likeness (QED) is 0.725. The van der Waals surface area contributed by atoms with Gasteiger partial charge in [0.25, 0.3) is 0 Å². The Morgan fingerprint density at radius 2 is 1.32 bits per heavy atom. The van der Waals surface area contributed by atoms with Gasteiger partial charge >= 0.3 is 0 Å². The fraction of sp³-hybridized carbons (Fsp3) is 0.875. The van der Waals surface area contributed by atoms with E-state index in [1.54, 1.807) is 6.92 Å². The number of piperazine rings is 2. The van der Waals surface area contributed by atoms with Gasteiger partial charge in [0.15, 0.2) is 0 Å². The molecule has 2 aliphatic heterocycles. The van der Waals surface area contributed by atoms with Crippen molar-refractivity contribution < 1.29 is 9.59 Å². The Labute approximate surface area is 134 Å². The normalized spacial score (nSPS) is 22.0. The summed E-state index contributed by atoms with van der Waals surface area (Å²) in [4.78, 5) is 32.2. The SMILES string of the molecule is CC(=O)N1CCN(CC(=O)N2CCN(C(C)(C)C)CC2)CC1. The van der Waals surface area contributed by atoms with Crippen molar-refractivity contribution in [2.45, 2.75) is 33.2 Å². The Bertz CT molecular complexity index is 403. The Hall–Kier alpha value is -1.14. The van der Waals surface area contributed by atoms with Gasteiger partial charge in [-0.3, -0.25) is 19.4 Å². The van der Waals surface area contributed by atoms with Crippen LogP contribution in [-0.2, 0) is 9.59 Å². The van der Waals surface area contributed by atoms with Gasteiger partial charge in [0.2, 0.25) is 11.8 Å². The number of carbonyl (C=O) groups excluding carboxylic acids is 2. The molecule has 0 unspecified atom stereocenters. The number of hydrogen-bond acceptors (Lipinski definition) is 4. The van der Waals surface area contributed by atoms with Gasteiger partial charge in [0.05, 0.1) is 6.54 Å². The highest BCUT2D eigenvalue weighted by molar-refractivity contribution is 5.78. The number of carbonyl (C=O) groups is 2. The first-order valence-corrected chi connectivity index (χ1v) is 8.28. The van der Waals surface area contributed by atoms with Crippen LogP contribution >= 0.6 is 0 Å². The molecule has 2 aliphatic rings. The zero-order chi connectivity index (χ0) is 16.3. The molecule has 126 valence electrons. The summed E-state index contributed by atoms with van der Waals surface area (Å²) in [6.07, 6.45) is 0. The maximum absolute atomic E-state index is 12.4. The van der Waals surface area contributed by atoms with E-state index in [-0.39, 0.29) is 17.4 Å². The molecule has 6 nitrogen and oxygen atoms in total. The number of rotatable bonds is 2. The summed E-state index contributed by atoms with van der Waals surface area (Å²) in [6, 6.07) is 0. The second kappa shape index (κ2) is 6.96. The van der Waals surface area contributed by atoms with Crippen LogP contribution in [0, 0.1) is 0 Å². The first-order chi connectivity index (χ1) is 10.3. The molecule has 2 rings (SSSR count). The minimum atomic E-state index is 0.129. The highest BCUT2D eigenvalue weighted by Gasteiger charge is 2.29. The molecular weight excluding hydrogens is 280 g/mol. The van der Waals surface area contributed by atoms with Crippen LogP contribution in [0.15, 0.2) is 0 Å². The van der Waals surface area contributed by atoms with Crippen molar-refractivity contribution in [3.63, 3.8) is 0 Å². The molecule has 6 heteroatoms. The van der Waals surface area contributed by atoms with Crippen molar-refractivity contribution in [3.05, 3.63) is 0 Å². The van der Waals surface area contributed by atoms with E-state index in [0.717, 1.165) is 52.4 Å². The van der Waals surface area contributed by atoms with E-state index in [0.29, 0.717) is 6.54 Å². The summed E-state index contributed by atoms with van der Waals surface area (Å²) in [5.41, 5.74) is 0.179. The van der Waals surface area contributed by atoms with Crippen LogP contribution in [-0.4, -0.2) is 95.9 Å². The molecule has 0 aliphatic carbocycles. The number of hydrogen-bond donors (Lipinski definition) is 0. The van der Waals surface area contributed by atoms with Crippen LogP contribution in [0.1, 0.15) is 27.7 Å². The molecule has 0 N–H and O–H groups in total. The Morgan fingerprint density at radius 1 is 0.818 bits per heavy atom. The minimum absolute atomic E-state index is 0.129. The summed E-state index contributed by atoms with van der Waals surface area (Å²) < 4.78 is 0. The van der Waals surface area contributed by atoms with Crippen molar-refractivity contribution in [3.8, 4) is 0 Å². The van der Waals surface area contributed by atoms with Gasteiger partial charge in [-0.25, -0.2) is 0 Å². The summed E-state index contributed by atoms with van der Waals surface area (Å²) in [6.45, 7) is 15.4. The fourth-order valence-corrected chi connectivity index (χ4v) is 3.14. The average molecular weight is 310 g/mol. The molecule has 0 atom stereocenters. The number of nitrogens with zero attached hydrogens (tertiary/aromatic N) is 4. The summed E-state index contributed by atoms with van der Waals surface area (Å²) in [5, 5.41) is 0. The van der Waals surface area contributed by atoms with Crippen LogP contribution in [0.3, 0.4) is 0 Å². The average Bonchev–Trinajstić information content (AvgIpc) is 2.47. The van der Waals surface area contributed by atoms with E-state index in [4.69, 9.17) is 0 Å². The van der Waals surface area contributed by atoms with Gasteiger partial charge < -0.3 is 9.80 Å². The highest BCUT2D eigenvalue weighted by atomic mass is 16.2. The first-order valence-electron chi connectivity index (χ1n) is 8.28. The largest absolute Gasteiger partial charge is 0.340 e. The third kappa shape index (κ3) is 4.43. The zero-order valence-electron chi connectivity index (χ0n) is 14.5. The Morgan fingerprint density at radius 3 is 1.77 bits per heavy atom. The maximum Gasteiger partial charge on any atom is 0.236 e. The lowest BCUT2D eigenvalue weighted by molar-refractivity contribution is -0.136. The lowest BCUT2D eigenvalue weighted by Gasteiger charge is -2.43. The monoisotopic (exact) mass is 310 g/mol. The van der Waals surface area contributed by atoms with E-state index >= 15 is 0 Å². The molecule has 0 bridgehead atoms. The van der Waals surface area contributed by atoms with Crippen molar-refractivity contribution in [2.75, 3.05) is 58.9 Å². The molecule has 2 heterocycles. The second-order valence-electron chi connectivity index (χ2n) is 7.32. The number of amides is 2. The van der Waals surface area contributed by atoms with Gasteiger partial charge in [-0.1, -0.05) is 0 Å². The second-order valence-corrected chi connectivity index (χ2v) is 7.32. The van der Waals surface area contributed by atoms with Crippen molar-refractivity contribution >= 4 is 11.8 Å². The standard InChI is InChI=1S/C16H30N4O2/c1-14(21)18-7-5-17(6-8-18)13-15(22)19-9-11-20(12-10-19)16(2,3)4/h5-13H2,1-4H3. The molecule has 0 aromatic carbocycles. The van der Waals surface area contributed by atoms with Crippen LogP contribution in [0.25, 0.3) is 0 Å². The predicted octanol–water partition coefficient (Wildman–Crippen LogP) is 0.0932. The summed E-state index contributed by atoms with van der Waals surface area (Å²) >= 11 is 0. The lowest BCUT2D eigenvalue weighted by atomic mass is 10.0. The molecule has 0 spiro atoms. The van der Waals surface area contributed by atoms with Gasteiger partial charge in [0.1, 0.15) is 0 Å². The fourth-order valence-electron chi connectivity index (χ4n) is 3.14. The van der Waals surface area contributed by atoms with E-state index in [1.807, 2.05) is 9.80 Å². The van der Waals surface area contributed by atoms with E-state index in [9.17, 15) is 9.59 Å². The Balaban J connectivity index is 1.74. The van der Waals surface area contributed by atoms with Gasteiger partial charge in [0, 0.05) is 64.8 Å². The lowest BCUT2D eigenvalue weighted by Crippen LogP contribution is -2.57. The van der Waals surface area contributed by atoms with Crippen molar-refractivity contribution in [2.24, 2.45) is 0 Å². The topological polar surface area (TPSA) is 47.1 Å². The molecule has 0 aromatic heterocycles. The van der Waals surface area contributed by atoms with Crippen molar-refractivity contribution in [1.29, 1.82) is 0 Å². The third-order valence-corrected chi connectivity index (χ3v) is 4.76. The smallest absolute Gasteiger partial charge is 0.236 e. The molecule has 0 saturated carbocycles. The first kappa shape index (κ1) is 17.2. The minimum Gasteiger partial charge on any atom is -0.340 e. The van der Waals surface area contributed by atoms with E-state index < -0.39 is 0 Å². The van der Waals surface area contributed by atoms with Gasteiger partial charge in [-0.05, 0) is 20.8 Å². The van der Waals surface area contributed by atoms with Gasteiger partial charge in [-0.2, -0.15) is 0 Å². The van der Waals surface area contributed by atoms with Crippen LogP contribution in [0.5, 0.6) is 0 Å². The van der Waals surface area contributed by atoms with Gasteiger partial charge in [-0.15, -0.1) is 0 Å². The Kier molecular flexibility index (Phi) is 5.45. The molecule has 22 heavy (non-hydrogen) atoms. The van der Waals surface area contributed by atoms with Crippen molar-refractivity contribution in [1.82, 2.24) is 19.6 Å². The molecule has 0 radical (unpaired) electrons.